The first kappa shape index (κ1) is 15.6. The van der Waals surface area contributed by atoms with Crippen LogP contribution in [0.1, 0.15) is 49.8 Å². The Morgan fingerprint density at radius 2 is 2.00 bits per heavy atom. The summed E-state index contributed by atoms with van der Waals surface area (Å²) in [6, 6.07) is 2.06. The summed E-state index contributed by atoms with van der Waals surface area (Å²) in [6.45, 7) is 12.4. The van der Waals surface area contributed by atoms with E-state index in [4.69, 9.17) is 9.47 Å². The van der Waals surface area contributed by atoms with Gasteiger partial charge in [0.25, 0.3) is 0 Å². The molecule has 0 N–H and O–H groups in total. The third-order valence-electron chi connectivity index (χ3n) is 4.77. The van der Waals surface area contributed by atoms with Crippen molar-refractivity contribution < 1.29 is 14.3 Å². The van der Waals surface area contributed by atoms with Crippen LogP contribution in [0.15, 0.2) is 18.7 Å². The first-order valence-corrected chi connectivity index (χ1v) is 7.58. The van der Waals surface area contributed by atoms with E-state index < -0.39 is 0 Å². The molecule has 0 fully saturated rings. The van der Waals surface area contributed by atoms with Gasteiger partial charge in [0.1, 0.15) is 18.1 Å². The van der Waals surface area contributed by atoms with Crippen molar-refractivity contribution >= 4 is 5.97 Å². The van der Waals surface area contributed by atoms with Crippen LogP contribution in [-0.4, -0.2) is 12.6 Å². The minimum atomic E-state index is -0.143. The van der Waals surface area contributed by atoms with Crippen molar-refractivity contribution in [2.24, 2.45) is 0 Å². The van der Waals surface area contributed by atoms with Crippen LogP contribution in [0.5, 0.6) is 11.5 Å². The SMILES string of the molecule is C=CCOc1cc2c(c(C)c1C)OC(=O)CC2(CC)CC. The van der Waals surface area contributed by atoms with E-state index in [0.29, 0.717) is 13.0 Å². The molecule has 0 atom stereocenters. The fraction of sp³-hybridized carbons (Fsp3) is 0.500. The molecule has 21 heavy (non-hydrogen) atoms. The highest BCUT2D eigenvalue weighted by Crippen LogP contribution is 2.48. The molecule has 0 aromatic heterocycles. The fourth-order valence-corrected chi connectivity index (χ4v) is 3.09. The van der Waals surface area contributed by atoms with Gasteiger partial charge in [-0.05, 0) is 43.9 Å². The molecule has 3 nitrogen and oxygen atoms in total. The summed E-state index contributed by atoms with van der Waals surface area (Å²) in [7, 11) is 0. The van der Waals surface area contributed by atoms with Gasteiger partial charge in [0.15, 0.2) is 0 Å². The van der Waals surface area contributed by atoms with Crippen molar-refractivity contribution in [3.63, 3.8) is 0 Å². The second-order valence-corrected chi connectivity index (χ2v) is 5.74. The summed E-state index contributed by atoms with van der Waals surface area (Å²) >= 11 is 0. The molecule has 1 aliphatic heterocycles. The third-order valence-corrected chi connectivity index (χ3v) is 4.77. The van der Waals surface area contributed by atoms with Gasteiger partial charge in [0.05, 0.1) is 6.42 Å². The highest BCUT2D eigenvalue weighted by molar-refractivity contribution is 5.79. The minimum absolute atomic E-state index is 0.131. The van der Waals surface area contributed by atoms with Crippen molar-refractivity contribution in [1.29, 1.82) is 0 Å². The average molecular weight is 288 g/mol. The smallest absolute Gasteiger partial charge is 0.312 e. The zero-order valence-corrected chi connectivity index (χ0v) is 13.4. The first-order valence-electron chi connectivity index (χ1n) is 7.58. The van der Waals surface area contributed by atoms with E-state index in [1.807, 2.05) is 13.8 Å². The Morgan fingerprint density at radius 1 is 1.33 bits per heavy atom. The number of ether oxygens (including phenoxy) is 2. The molecule has 2 rings (SSSR count). The highest BCUT2D eigenvalue weighted by Gasteiger charge is 2.40. The molecule has 3 heteroatoms. The van der Waals surface area contributed by atoms with Gasteiger partial charge < -0.3 is 9.47 Å². The number of hydrogen-bond acceptors (Lipinski definition) is 3. The molecule has 1 heterocycles. The van der Waals surface area contributed by atoms with Crippen LogP contribution in [-0.2, 0) is 10.2 Å². The monoisotopic (exact) mass is 288 g/mol. The quantitative estimate of drug-likeness (QED) is 0.462. The average Bonchev–Trinajstić information content (AvgIpc) is 2.49. The Bertz CT molecular complexity index is 568. The van der Waals surface area contributed by atoms with E-state index in [9.17, 15) is 4.79 Å². The van der Waals surface area contributed by atoms with E-state index >= 15 is 0 Å². The minimum Gasteiger partial charge on any atom is -0.489 e. The highest BCUT2D eigenvalue weighted by atomic mass is 16.5. The number of carbonyl (C=O) groups excluding carboxylic acids is 1. The molecule has 0 saturated heterocycles. The first-order chi connectivity index (χ1) is 9.99. The molecule has 1 aliphatic rings. The predicted molar refractivity (Wildman–Crippen MR) is 84.1 cm³/mol. The van der Waals surface area contributed by atoms with Gasteiger partial charge in [-0.2, -0.15) is 0 Å². The Hall–Kier alpha value is -1.77. The van der Waals surface area contributed by atoms with Crippen molar-refractivity contribution in [3.8, 4) is 11.5 Å². The number of rotatable bonds is 5. The van der Waals surface area contributed by atoms with E-state index in [0.717, 1.165) is 41.0 Å². The number of fused-ring (bicyclic) bond motifs is 1. The summed E-state index contributed by atoms with van der Waals surface area (Å²) in [5, 5.41) is 0. The topological polar surface area (TPSA) is 35.5 Å². The molecule has 0 amide bonds. The number of benzene rings is 1. The van der Waals surface area contributed by atoms with Gasteiger partial charge in [0.2, 0.25) is 0 Å². The molecule has 114 valence electrons. The molecule has 0 spiro atoms. The largest absolute Gasteiger partial charge is 0.489 e. The van der Waals surface area contributed by atoms with Crippen molar-refractivity contribution in [1.82, 2.24) is 0 Å². The van der Waals surface area contributed by atoms with Gasteiger partial charge in [-0.3, -0.25) is 4.79 Å². The summed E-state index contributed by atoms with van der Waals surface area (Å²) in [5.41, 5.74) is 2.97. The standard InChI is InChI=1S/C18H24O3/c1-6-9-20-15-10-14-17(13(5)12(15)4)21-16(19)11-18(14,7-2)8-3/h6,10H,1,7-9,11H2,2-5H3. The second kappa shape index (κ2) is 5.92. The van der Waals surface area contributed by atoms with Crippen LogP contribution >= 0.6 is 0 Å². The lowest BCUT2D eigenvalue weighted by Crippen LogP contribution is -2.35. The van der Waals surface area contributed by atoms with E-state index in [1.165, 1.54) is 0 Å². The van der Waals surface area contributed by atoms with Gasteiger partial charge in [-0.15, -0.1) is 0 Å². The fourth-order valence-electron chi connectivity index (χ4n) is 3.09. The van der Waals surface area contributed by atoms with E-state index in [2.05, 4.69) is 26.5 Å². The molecule has 0 unspecified atom stereocenters. The van der Waals surface area contributed by atoms with Crippen LogP contribution < -0.4 is 9.47 Å². The van der Waals surface area contributed by atoms with E-state index in [1.54, 1.807) is 6.08 Å². The van der Waals surface area contributed by atoms with Crippen molar-refractivity contribution in [2.75, 3.05) is 6.61 Å². The van der Waals surface area contributed by atoms with Crippen LogP contribution in [0.3, 0.4) is 0 Å². The lowest BCUT2D eigenvalue weighted by atomic mass is 9.71. The molecule has 0 radical (unpaired) electrons. The Morgan fingerprint density at radius 3 is 2.57 bits per heavy atom. The number of esters is 1. The maximum absolute atomic E-state index is 12.0. The molecular formula is C18H24O3. The summed E-state index contributed by atoms with van der Waals surface area (Å²) in [5.74, 6) is 1.46. The summed E-state index contributed by atoms with van der Waals surface area (Å²) in [6.07, 6.45) is 4.00. The van der Waals surface area contributed by atoms with Crippen molar-refractivity contribution in [3.05, 3.63) is 35.4 Å². The maximum atomic E-state index is 12.0. The number of hydrogen-bond donors (Lipinski definition) is 0. The predicted octanol–water partition coefficient (Wildman–Crippen LogP) is 4.24. The van der Waals surface area contributed by atoms with Crippen LogP contribution in [0.2, 0.25) is 0 Å². The molecule has 0 bridgehead atoms. The zero-order valence-electron chi connectivity index (χ0n) is 13.4. The molecule has 1 aromatic carbocycles. The lowest BCUT2D eigenvalue weighted by Gasteiger charge is -2.37. The Balaban J connectivity index is 2.63. The maximum Gasteiger partial charge on any atom is 0.312 e. The molecule has 0 saturated carbocycles. The lowest BCUT2D eigenvalue weighted by molar-refractivity contribution is -0.137. The second-order valence-electron chi connectivity index (χ2n) is 5.74. The van der Waals surface area contributed by atoms with Crippen LogP contribution in [0, 0.1) is 13.8 Å². The van der Waals surface area contributed by atoms with Gasteiger partial charge in [0, 0.05) is 11.0 Å². The Labute approximate surface area is 127 Å². The molecular weight excluding hydrogens is 264 g/mol. The number of carbonyl (C=O) groups is 1. The summed E-state index contributed by atoms with van der Waals surface area (Å²) in [4.78, 5) is 12.0. The molecule has 0 aliphatic carbocycles. The Kier molecular flexibility index (Phi) is 4.40. The van der Waals surface area contributed by atoms with Gasteiger partial charge in [-0.25, -0.2) is 0 Å². The molecule has 1 aromatic rings. The van der Waals surface area contributed by atoms with Gasteiger partial charge in [-0.1, -0.05) is 26.5 Å². The van der Waals surface area contributed by atoms with Crippen molar-refractivity contribution in [2.45, 2.75) is 52.4 Å². The van der Waals surface area contributed by atoms with Crippen LogP contribution in [0.25, 0.3) is 0 Å². The normalized spacial score (nSPS) is 16.1. The third kappa shape index (κ3) is 2.57. The van der Waals surface area contributed by atoms with E-state index in [-0.39, 0.29) is 11.4 Å². The summed E-state index contributed by atoms with van der Waals surface area (Å²) < 4.78 is 11.3. The van der Waals surface area contributed by atoms with Crippen LogP contribution in [0.4, 0.5) is 0 Å². The van der Waals surface area contributed by atoms with Gasteiger partial charge >= 0.3 is 5.97 Å². The zero-order chi connectivity index (χ0) is 15.6.